The van der Waals surface area contributed by atoms with Gasteiger partial charge in [-0.25, -0.2) is 8.42 Å². The number of ether oxygens (including phenoxy) is 4. The van der Waals surface area contributed by atoms with Crippen molar-refractivity contribution < 1.29 is 32.2 Å². The number of methoxy groups -OCH3 is 1. The molecule has 184 valence electrons. The molecule has 0 fully saturated rings. The van der Waals surface area contributed by atoms with E-state index in [1.165, 1.54) is 12.1 Å². The molecule has 1 N–H and O–H groups in total. The van der Waals surface area contributed by atoms with Gasteiger partial charge in [0.05, 0.1) is 24.2 Å². The number of carbonyl (C=O) groups excluding carboxylic acids is 1. The highest BCUT2D eigenvalue weighted by Crippen LogP contribution is 2.35. The summed E-state index contributed by atoms with van der Waals surface area (Å²) in [5.74, 6) is 1.73. The molecule has 0 unspecified atom stereocenters. The van der Waals surface area contributed by atoms with Gasteiger partial charge in [0.25, 0.3) is 10.0 Å². The molecule has 1 heterocycles. The number of sulfonamides is 1. The van der Waals surface area contributed by atoms with Crippen molar-refractivity contribution in [1.29, 1.82) is 0 Å². The molecule has 1 aliphatic rings. The monoisotopic (exact) mass is 498 g/mol. The van der Waals surface area contributed by atoms with Gasteiger partial charge < -0.3 is 24.3 Å². The Morgan fingerprint density at radius 2 is 1.69 bits per heavy atom. The zero-order chi connectivity index (χ0) is 24.7. The zero-order valence-corrected chi connectivity index (χ0v) is 20.0. The second-order valence-electron chi connectivity index (χ2n) is 7.53. The Labute approximate surface area is 204 Å². The molecule has 0 spiro atoms. The third-order valence-electron chi connectivity index (χ3n) is 5.17. The van der Waals surface area contributed by atoms with Gasteiger partial charge in [-0.05, 0) is 36.4 Å². The molecule has 4 rings (SSSR count). The van der Waals surface area contributed by atoms with Crippen LogP contribution in [0.5, 0.6) is 23.0 Å². The van der Waals surface area contributed by atoms with Crippen molar-refractivity contribution in [3.05, 3.63) is 72.8 Å². The smallest absolute Gasteiger partial charge is 0.264 e. The fourth-order valence-corrected chi connectivity index (χ4v) is 4.89. The Balaban J connectivity index is 1.47. The second kappa shape index (κ2) is 11.0. The Morgan fingerprint density at radius 1 is 0.943 bits per heavy atom. The predicted molar refractivity (Wildman–Crippen MR) is 130 cm³/mol. The van der Waals surface area contributed by atoms with Crippen LogP contribution in [0.15, 0.2) is 77.7 Å². The molecule has 0 bridgehead atoms. The molecule has 0 saturated carbocycles. The summed E-state index contributed by atoms with van der Waals surface area (Å²) in [5, 5.41) is 2.71. The van der Waals surface area contributed by atoms with Crippen LogP contribution < -0.4 is 28.6 Å². The van der Waals surface area contributed by atoms with Crippen LogP contribution in [0.4, 0.5) is 5.69 Å². The van der Waals surface area contributed by atoms with Gasteiger partial charge in [-0.2, -0.15) is 0 Å². The molecular formula is C25H26N2O7S. The Bertz CT molecular complexity index is 1270. The lowest BCUT2D eigenvalue weighted by Crippen LogP contribution is -2.42. The first-order valence-corrected chi connectivity index (χ1v) is 12.4. The molecule has 9 nitrogen and oxygen atoms in total. The number of anilines is 1. The van der Waals surface area contributed by atoms with E-state index in [0.29, 0.717) is 41.9 Å². The van der Waals surface area contributed by atoms with Crippen LogP contribution in [-0.2, 0) is 14.8 Å². The van der Waals surface area contributed by atoms with Crippen molar-refractivity contribution in [3.8, 4) is 23.0 Å². The number of fused-ring (bicyclic) bond motifs is 1. The van der Waals surface area contributed by atoms with Crippen molar-refractivity contribution in [1.82, 2.24) is 5.32 Å². The summed E-state index contributed by atoms with van der Waals surface area (Å²) in [7, 11) is -2.46. The van der Waals surface area contributed by atoms with Crippen molar-refractivity contribution >= 4 is 21.6 Å². The van der Waals surface area contributed by atoms with Gasteiger partial charge in [0.2, 0.25) is 5.91 Å². The summed E-state index contributed by atoms with van der Waals surface area (Å²) in [6.45, 7) is 0.745. The molecule has 1 amide bonds. The lowest BCUT2D eigenvalue weighted by Gasteiger charge is -2.26. The highest BCUT2D eigenvalue weighted by Gasteiger charge is 2.28. The summed E-state index contributed by atoms with van der Waals surface area (Å²) in [6, 6.07) is 19.9. The van der Waals surface area contributed by atoms with E-state index in [-0.39, 0.29) is 18.0 Å². The van der Waals surface area contributed by atoms with Crippen LogP contribution in [0.3, 0.4) is 0 Å². The average Bonchev–Trinajstić information content (AvgIpc) is 2.90. The lowest BCUT2D eigenvalue weighted by atomic mass is 10.2. The maximum absolute atomic E-state index is 13.4. The fourth-order valence-electron chi connectivity index (χ4n) is 3.46. The molecule has 35 heavy (non-hydrogen) atoms. The van der Waals surface area contributed by atoms with E-state index in [9.17, 15) is 13.2 Å². The molecule has 10 heteroatoms. The summed E-state index contributed by atoms with van der Waals surface area (Å²) < 4.78 is 49.9. The Kier molecular flexibility index (Phi) is 7.61. The standard InChI is InChI=1S/C25H26N2O7S/c1-31-20-6-5-7-21(17-20)32-13-12-26-25(28)18-27(35(29,30)22-8-3-2-4-9-22)19-10-11-23-24(16-19)34-15-14-33-23/h2-11,16-17H,12-15,18H2,1H3,(H,26,28). The number of amides is 1. The highest BCUT2D eigenvalue weighted by atomic mass is 32.2. The molecule has 0 radical (unpaired) electrons. The van der Waals surface area contributed by atoms with Crippen molar-refractivity contribution in [2.45, 2.75) is 4.90 Å². The maximum atomic E-state index is 13.4. The minimum absolute atomic E-state index is 0.0732. The van der Waals surface area contributed by atoms with Gasteiger partial charge in [-0.1, -0.05) is 24.3 Å². The van der Waals surface area contributed by atoms with E-state index < -0.39 is 22.5 Å². The topological polar surface area (TPSA) is 103 Å². The molecule has 1 aliphatic heterocycles. The minimum atomic E-state index is -4.03. The number of hydrogen-bond acceptors (Lipinski definition) is 7. The normalized spacial score (nSPS) is 12.5. The van der Waals surface area contributed by atoms with Crippen LogP contribution in [0.1, 0.15) is 0 Å². The van der Waals surface area contributed by atoms with Crippen LogP contribution in [0, 0.1) is 0 Å². The van der Waals surface area contributed by atoms with E-state index in [1.807, 2.05) is 0 Å². The molecular weight excluding hydrogens is 472 g/mol. The second-order valence-corrected chi connectivity index (χ2v) is 9.39. The Morgan fingerprint density at radius 3 is 2.46 bits per heavy atom. The fraction of sp³-hybridized carbons (Fsp3) is 0.240. The third kappa shape index (κ3) is 5.96. The molecule has 3 aromatic carbocycles. The largest absolute Gasteiger partial charge is 0.497 e. The van der Waals surface area contributed by atoms with E-state index >= 15 is 0 Å². The first kappa shape index (κ1) is 24.2. The van der Waals surface area contributed by atoms with E-state index in [2.05, 4.69) is 5.32 Å². The van der Waals surface area contributed by atoms with Crippen LogP contribution in [-0.4, -0.2) is 54.3 Å². The summed E-state index contributed by atoms with van der Waals surface area (Å²) >= 11 is 0. The first-order valence-electron chi connectivity index (χ1n) is 11.0. The number of carbonyl (C=O) groups is 1. The van der Waals surface area contributed by atoms with Crippen LogP contribution in [0.2, 0.25) is 0 Å². The minimum Gasteiger partial charge on any atom is -0.497 e. The van der Waals surface area contributed by atoms with Crippen molar-refractivity contribution in [2.24, 2.45) is 0 Å². The molecule has 0 atom stereocenters. The summed E-state index contributed by atoms with van der Waals surface area (Å²) in [5.41, 5.74) is 0.292. The quantitative estimate of drug-likeness (QED) is 0.429. The summed E-state index contributed by atoms with van der Waals surface area (Å²) in [4.78, 5) is 12.8. The van der Waals surface area contributed by atoms with Gasteiger partial charge in [0.1, 0.15) is 37.9 Å². The van der Waals surface area contributed by atoms with E-state index in [1.54, 1.807) is 67.8 Å². The van der Waals surface area contributed by atoms with Gasteiger partial charge in [-0.15, -0.1) is 0 Å². The lowest BCUT2D eigenvalue weighted by molar-refractivity contribution is -0.119. The maximum Gasteiger partial charge on any atom is 0.264 e. The number of nitrogens with zero attached hydrogens (tertiary/aromatic N) is 1. The number of benzene rings is 3. The van der Waals surface area contributed by atoms with Crippen molar-refractivity contribution in [3.63, 3.8) is 0 Å². The van der Waals surface area contributed by atoms with Crippen LogP contribution in [0.25, 0.3) is 0 Å². The number of rotatable bonds is 10. The molecule has 0 aromatic heterocycles. The van der Waals surface area contributed by atoms with Crippen LogP contribution >= 0.6 is 0 Å². The first-order chi connectivity index (χ1) is 17.0. The highest BCUT2D eigenvalue weighted by molar-refractivity contribution is 7.92. The van der Waals surface area contributed by atoms with E-state index in [4.69, 9.17) is 18.9 Å². The predicted octanol–water partition coefficient (Wildman–Crippen LogP) is 2.86. The SMILES string of the molecule is COc1cccc(OCCNC(=O)CN(c2ccc3c(c2)OCCO3)S(=O)(=O)c2ccccc2)c1. The zero-order valence-electron chi connectivity index (χ0n) is 19.2. The molecule has 0 saturated heterocycles. The molecule has 3 aromatic rings. The number of nitrogens with one attached hydrogen (secondary N) is 1. The average molecular weight is 499 g/mol. The van der Waals surface area contributed by atoms with Gasteiger partial charge in [0.15, 0.2) is 11.5 Å². The summed E-state index contributed by atoms with van der Waals surface area (Å²) in [6.07, 6.45) is 0. The van der Waals surface area contributed by atoms with Gasteiger partial charge in [0, 0.05) is 12.1 Å². The van der Waals surface area contributed by atoms with E-state index in [0.717, 1.165) is 4.31 Å². The van der Waals surface area contributed by atoms with Gasteiger partial charge in [-0.3, -0.25) is 9.10 Å². The van der Waals surface area contributed by atoms with Gasteiger partial charge >= 0.3 is 0 Å². The molecule has 0 aliphatic carbocycles. The third-order valence-corrected chi connectivity index (χ3v) is 6.95. The van der Waals surface area contributed by atoms with Crippen molar-refractivity contribution in [2.75, 3.05) is 44.3 Å². The number of hydrogen-bond donors (Lipinski definition) is 1. The Hall–Kier alpha value is -3.92.